The molecule has 1 aliphatic carbocycles. The van der Waals surface area contributed by atoms with Gasteiger partial charge in [0.05, 0.1) is 0 Å². The average molecular weight is 238 g/mol. The van der Waals surface area contributed by atoms with Crippen LogP contribution < -0.4 is 5.73 Å². The maximum absolute atomic E-state index is 6.04. The first kappa shape index (κ1) is 10.6. The summed E-state index contributed by atoms with van der Waals surface area (Å²) in [6.45, 7) is 1.78. The van der Waals surface area contributed by atoms with E-state index < -0.39 is 0 Å². The number of thioether (sulfide) groups is 1. The van der Waals surface area contributed by atoms with Crippen LogP contribution in [-0.2, 0) is 12.0 Å². The lowest BCUT2D eigenvalue weighted by molar-refractivity contribution is 0.276. The van der Waals surface area contributed by atoms with Crippen molar-refractivity contribution < 1.29 is 0 Å². The van der Waals surface area contributed by atoms with Crippen molar-refractivity contribution in [2.75, 3.05) is 12.3 Å². The van der Waals surface area contributed by atoms with E-state index in [-0.39, 0.29) is 5.41 Å². The Kier molecular flexibility index (Phi) is 2.67. The fraction of sp³-hybridized carbons (Fsp3) is 0.818. The molecule has 1 aliphatic heterocycles. The molecule has 2 N–H and O–H groups in total. The highest BCUT2D eigenvalue weighted by molar-refractivity contribution is 7.99. The summed E-state index contributed by atoms with van der Waals surface area (Å²) >= 11 is 1.81. The number of rotatable bonds is 2. The first-order valence-electron chi connectivity index (χ1n) is 6.12. The fourth-order valence-electron chi connectivity index (χ4n) is 2.97. The monoisotopic (exact) mass is 238 g/mol. The zero-order valence-electron chi connectivity index (χ0n) is 9.48. The molecule has 1 aromatic rings. The molecular weight excluding hydrogens is 220 g/mol. The molecule has 0 amide bonds. The van der Waals surface area contributed by atoms with E-state index in [1.807, 2.05) is 11.8 Å². The highest BCUT2D eigenvalue weighted by Crippen LogP contribution is 2.39. The Labute approximate surface area is 100.0 Å². The predicted octanol–water partition coefficient (Wildman–Crippen LogP) is 1.54. The molecule has 0 aromatic carbocycles. The lowest BCUT2D eigenvalue weighted by Gasteiger charge is -2.35. The van der Waals surface area contributed by atoms with Crippen molar-refractivity contribution in [2.24, 2.45) is 5.73 Å². The summed E-state index contributed by atoms with van der Waals surface area (Å²) in [6, 6.07) is 0. The zero-order chi connectivity index (χ0) is 11.0. The molecule has 0 atom stereocenters. The molecule has 2 aliphatic rings. The van der Waals surface area contributed by atoms with Gasteiger partial charge in [-0.15, -0.1) is 10.2 Å². The summed E-state index contributed by atoms with van der Waals surface area (Å²) in [7, 11) is 0. The van der Waals surface area contributed by atoms with Crippen molar-refractivity contribution in [1.29, 1.82) is 0 Å². The Morgan fingerprint density at radius 3 is 2.81 bits per heavy atom. The van der Waals surface area contributed by atoms with Gasteiger partial charge in [-0.05, 0) is 12.8 Å². The Morgan fingerprint density at radius 1 is 1.25 bits per heavy atom. The Hall–Kier alpha value is -0.550. The first-order chi connectivity index (χ1) is 7.86. The maximum atomic E-state index is 6.04. The molecular formula is C11H18N4S. The van der Waals surface area contributed by atoms with Crippen LogP contribution in [0.4, 0.5) is 0 Å². The van der Waals surface area contributed by atoms with Crippen LogP contribution in [0.25, 0.3) is 0 Å². The highest BCUT2D eigenvalue weighted by atomic mass is 32.2. The van der Waals surface area contributed by atoms with E-state index in [2.05, 4.69) is 14.8 Å². The molecule has 88 valence electrons. The Morgan fingerprint density at radius 2 is 2.06 bits per heavy atom. The van der Waals surface area contributed by atoms with E-state index in [0.29, 0.717) is 0 Å². The molecule has 4 nitrogen and oxygen atoms in total. The summed E-state index contributed by atoms with van der Waals surface area (Å²) in [5, 5.41) is 9.79. The smallest absolute Gasteiger partial charge is 0.191 e. The van der Waals surface area contributed by atoms with Gasteiger partial charge in [0.25, 0.3) is 0 Å². The summed E-state index contributed by atoms with van der Waals surface area (Å²) in [4.78, 5) is 0. The van der Waals surface area contributed by atoms with E-state index in [9.17, 15) is 0 Å². The van der Waals surface area contributed by atoms with Crippen molar-refractivity contribution in [3.63, 3.8) is 0 Å². The van der Waals surface area contributed by atoms with Gasteiger partial charge in [0.1, 0.15) is 5.82 Å². The predicted molar refractivity (Wildman–Crippen MR) is 64.6 cm³/mol. The van der Waals surface area contributed by atoms with E-state index in [1.165, 1.54) is 32.1 Å². The van der Waals surface area contributed by atoms with Gasteiger partial charge in [-0.2, -0.15) is 0 Å². The van der Waals surface area contributed by atoms with Gasteiger partial charge in [0, 0.05) is 24.3 Å². The molecule has 0 spiro atoms. The van der Waals surface area contributed by atoms with Gasteiger partial charge in [0.15, 0.2) is 5.16 Å². The molecule has 0 saturated heterocycles. The van der Waals surface area contributed by atoms with E-state index in [4.69, 9.17) is 5.73 Å². The van der Waals surface area contributed by atoms with Crippen LogP contribution in [0, 0.1) is 0 Å². The largest absolute Gasteiger partial charge is 0.329 e. The molecule has 1 saturated carbocycles. The average Bonchev–Trinajstić information content (AvgIpc) is 2.91. The second-order valence-corrected chi connectivity index (χ2v) is 5.91. The third-order valence-electron chi connectivity index (χ3n) is 3.94. The molecule has 1 fully saturated rings. The second kappa shape index (κ2) is 4.04. The second-order valence-electron chi connectivity index (χ2n) is 4.85. The molecule has 5 heteroatoms. The van der Waals surface area contributed by atoms with E-state index in [0.717, 1.165) is 29.8 Å². The van der Waals surface area contributed by atoms with Gasteiger partial charge >= 0.3 is 0 Å². The molecule has 0 bridgehead atoms. The number of nitrogens with zero attached hydrogens (tertiary/aromatic N) is 3. The van der Waals surface area contributed by atoms with Crippen molar-refractivity contribution >= 4 is 11.8 Å². The van der Waals surface area contributed by atoms with Crippen molar-refractivity contribution in [2.45, 2.75) is 49.2 Å². The Balaban J connectivity index is 1.99. The topological polar surface area (TPSA) is 56.7 Å². The van der Waals surface area contributed by atoms with Crippen LogP contribution in [0.2, 0.25) is 0 Å². The van der Waals surface area contributed by atoms with Gasteiger partial charge in [-0.1, -0.05) is 31.0 Å². The summed E-state index contributed by atoms with van der Waals surface area (Å²) in [5.41, 5.74) is 6.16. The van der Waals surface area contributed by atoms with E-state index >= 15 is 0 Å². The number of hydrogen-bond donors (Lipinski definition) is 1. The van der Waals surface area contributed by atoms with Crippen LogP contribution in [0.15, 0.2) is 5.16 Å². The summed E-state index contributed by atoms with van der Waals surface area (Å²) < 4.78 is 2.29. The molecule has 3 rings (SSSR count). The third-order valence-corrected chi connectivity index (χ3v) is 4.89. The van der Waals surface area contributed by atoms with Crippen molar-refractivity contribution in [1.82, 2.24) is 14.8 Å². The highest BCUT2D eigenvalue weighted by Gasteiger charge is 2.38. The minimum Gasteiger partial charge on any atom is -0.329 e. The molecule has 1 aromatic heterocycles. The molecule has 0 unspecified atom stereocenters. The third kappa shape index (κ3) is 1.49. The quantitative estimate of drug-likeness (QED) is 0.849. The fourth-order valence-corrected chi connectivity index (χ4v) is 3.85. The van der Waals surface area contributed by atoms with Crippen LogP contribution in [-0.4, -0.2) is 27.1 Å². The maximum Gasteiger partial charge on any atom is 0.191 e. The number of fused-ring (bicyclic) bond motifs is 1. The van der Waals surface area contributed by atoms with Crippen LogP contribution >= 0.6 is 11.8 Å². The van der Waals surface area contributed by atoms with Crippen LogP contribution in [0.3, 0.4) is 0 Å². The van der Waals surface area contributed by atoms with Gasteiger partial charge in [0.2, 0.25) is 0 Å². The van der Waals surface area contributed by atoms with Gasteiger partial charge in [-0.25, -0.2) is 0 Å². The van der Waals surface area contributed by atoms with Crippen LogP contribution in [0.5, 0.6) is 0 Å². The first-order valence-corrected chi connectivity index (χ1v) is 7.11. The molecule has 16 heavy (non-hydrogen) atoms. The van der Waals surface area contributed by atoms with E-state index in [1.54, 1.807) is 0 Å². The number of hydrogen-bond acceptors (Lipinski definition) is 4. The minimum atomic E-state index is 0.119. The summed E-state index contributed by atoms with van der Waals surface area (Å²) in [6.07, 6.45) is 6.29. The van der Waals surface area contributed by atoms with Crippen LogP contribution in [0.1, 0.15) is 37.9 Å². The van der Waals surface area contributed by atoms with Crippen molar-refractivity contribution in [3.05, 3.63) is 5.82 Å². The van der Waals surface area contributed by atoms with Crippen molar-refractivity contribution in [3.8, 4) is 0 Å². The zero-order valence-corrected chi connectivity index (χ0v) is 10.3. The summed E-state index contributed by atoms with van der Waals surface area (Å²) in [5.74, 6) is 2.30. The normalized spacial score (nSPS) is 23.3. The van der Waals surface area contributed by atoms with Gasteiger partial charge in [-0.3, -0.25) is 0 Å². The SMILES string of the molecule is NCC1(c2nnc3n2CCS3)CCCCC1. The molecule has 0 radical (unpaired) electrons. The standard InChI is InChI=1S/C11H18N4S/c12-8-11(4-2-1-3-5-11)9-13-14-10-15(9)6-7-16-10/h1-8,12H2. The molecule has 2 heterocycles. The van der Waals surface area contributed by atoms with Gasteiger partial charge < -0.3 is 10.3 Å². The lowest BCUT2D eigenvalue weighted by Crippen LogP contribution is -2.39. The lowest BCUT2D eigenvalue weighted by atomic mass is 9.73. The minimum absolute atomic E-state index is 0.119. The number of nitrogens with two attached hydrogens (primary N) is 1. The Bertz CT molecular complexity index is 381. The number of aromatic nitrogens is 3.